The number of H-pyrrole nitrogens is 1. The van der Waals surface area contributed by atoms with Crippen LogP contribution in [0.4, 0.5) is 0 Å². The van der Waals surface area contributed by atoms with E-state index in [1.165, 1.54) is 0 Å². The number of aromatic amines is 1. The Morgan fingerprint density at radius 2 is 2.18 bits per heavy atom. The van der Waals surface area contributed by atoms with Gasteiger partial charge in [0.2, 0.25) is 0 Å². The van der Waals surface area contributed by atoms with Crippen LogP contribution in [0, 0.1) is 24.0 Å². The molecule has 1 rings (SSSR count). The Kier molecular flexibility index (Phi) is 3.65. The van der Waals surface area contributed by atoms with E-state index >= 15 is 0 Å². The summed E-state index contributed by atoms with van der Waals surface area (Å²) in [5, 5.41) is 20.3. The zero-order valence-electron chi connectivity index (χ0n) is 6.24. The van der Waals surface area contributed by atoms with Gasteiger partial charge in [-0.3, -0.25) is 5.10 Å². The lowest BCUT2D eigenvalue weighted by Gasteiger charge is -1.68. The van der Waals surface area contributed by atoms with Gasteiger partial charge in [0.05, 0.1) is 5.69 Å². The number of aryl methyl sites for hydroxylation is 2. The predicted octanol–water partition coefficient (Wildman–Crippen LogP) is 0.679. The van der Waals surface area contributed by atoms with Crippen LogP contribution in [-0.2, 0) is 0 Å². The van der Waals surface area contributed by atoms with Gasteiger partial charge in [-0.05, 0) is 19.9 Å². The van der Waals surface area contributed by atoms with Crippen molar-refractivity contribution in [2.24, 2.45) is 0 Å². The van der Waals surface area contributed by atoms with Crippen LogP contribution in [0.5, 0.6) is 0 Å². The normalized spacial score (nSPS) is 8.18. The minimum Gasteiger partial charge on any atom is -0.328 e. The average Bonchev–Trinajstić information content (AvgIpc) is 2.13. The van der Waals surface area contributed by atoms with E-state index in [2.05, 4.69) is 10.2 Å². The number of nitrogens with one attached hydrogen (secondary N) is 1. The first-order chi connectivity index (χ1) is 5.02. The molecule has 0 saturated heterocycles. The smallest absolute Gasteiger partial charge is 0.291 e. The first-order valence-electron chi connectivity index (χ1n) is 2.84. The van der Waals surface area contributed by atoms with Crippen LogP contribution < -0.4 is 0 Å². The van der Waals surface area contributed by atoms with Crippen LogP contribution in [0.3, 0.4) is 0 Å². The van der Waals surface area contributed by atoms with E-state index in [1.807, 2.05) is 19.9 Å². The van der Waals surface area contributed by atoms with Crippen molar-refractivity contribution in [1.82, 2.24) is 10.2 Å². The molecule has 62 valence electrons. The summed E-state index contributed by atoms with van der Waals surface area (Å²) in [5.74, 6) is 0. The second-order valence-corrected chi connectivity index (χ2v) is 1.93. The summed E-state index contributed by atoms with van der Waals surface area (Å²) >= 11 is 0. The molecule has 0 unspecified atom stereocenters. The molecular weight excluding hydrogens is 150 g/mol. The van der Waals surface area contributed by atoms with E-state index in [1.54, 1.807) is 0 Å². The van der Waals surface area contributed by atoms with Gasteiger partial charge in [0.15, 0.2) is 0 Å². The Bertz CT molecular complexity index is 212. The van der Waals surface area contributed by atoms with Gasteiger partial charge < -0.3 is 5.21 Å². The third-order valence-electron chi connectivity index (χ3n) is 0.834. The SMILES string of the molecule is Cc1cc(C)[nH]n1.O=[N+]([O-])O. The van der Waals surface area contributed by atoms with Crippen LogP contribution in [-0.4, -0.2) is 20.5 Å². The second-order valence-electron chi connectivity index (χ2n) is 1.93. The third-order valence-corrected chi connectivity index (χ3v) is 0.834. The van der Waals surface area contributed by atoms with E-state index in [-0.39, 0.29) is 0 Å². The largest absolute Gasteiger partial charge is 0.328 e. The Morgan fingerprint density at radius 1 is 1.73 bits per heavy atom. The van der Waals surface area contributed by atoms with Crippen LogP contribution in [0.2, 0.25) is 0 Å². The van der Waals surface area contributed by atoms with Crippen LogP contribution in [0.1, 0.15) is 11.4 Å². The van der Waals surface area contributed by atoms with Gasteiger partial charge in [0.25, 0.3) is 5.09 Å². The fourth-order valence-electron chi connectivity index (χ4n) is 0.554. The second kappa shape index (κ2) is 4.26. The van der Waals surface area contributed by atoms with Crippen molar-refractivity contribution >= 4 is 0 Å². The molecule has 0 amide bonds. The third kappa shape index (κ3) is 6.29. The molecule has 0 aliphatic heterocycles. The molecule has 6 nitrogen and oxygen atoms in total. The number of rotatable bonds is 0. The lowest BCUT2D eigenvalue weighted by molar-refractivity contribution is -0.742. The Balaban J connectivity index is 0.000000218. The Hall–Kier alpha value is -1.59. The van der Waals surface area contributed by atoms with Gasteiger partial charge in [-0.25, -0.2) is 0 Å². The average molecular weight is 159 g/mol. The molecule has 11 heavy (non-hydrogen) atoms. The zero-order chi connectivity index (χ0) is 8.85. The summed E-state index contributed by atoms with van der Waals surface area (Å²) in [6, 6.07) is 2.00. The van der Waals surface area contributed by atoms with Crippen molar-refractivity contribution in [3.05, 3.63) is 27.6 Å². The van der Waals surface area contributed by atoms with E-state index in [0.29, 0.717) is 0 Å². The van der Waals surface area contributed by atoms with Gasteiger partial charge in [0, 0.05) is 5.69 Å². The van der Waals surface area contributed by atoms with E-state index in [0.717, 1.165) is 11.4 Å². The molecule has 0 aliphatic rings. The maximum absolute atomic E-state index is 8.36. The number of aromatic nitrogens is 2. The summed E-state index contributed by atoms with van der Waals surface area (Å²) in [6.07, 6.45) is 0. The highest BCUT2D eigenvalue weighted by Gasteiger charge is 1.84. The summed E-state index contributed by atoms with van der Waals surface area (Å²) < 4.78 is 0. The molecule has 0 aromatic carbocycles. The number of hydrogen-bond acceptors (Lipinski definition) is 3. The number of nitrogens with zero attached hydrogens (tertiary/aromatic N) is 2. The quantitative estimate of drug-likeness (QED) is 0.430. The summed E-state index contributed by atoms with van der Waals surface area (Å²) in [6.45, 7) is 3.95. The van der Waals surface area contributed by atoms with Crippen molar-refractivity contribution in [3.63, 3.8) is 0 Å². The van der Waals surface area contributed by atoms with Gasteiger partial charge >= 0.3 is 0 Å². The monoisotopic (exact) mass is 159 g/mol. The first kappa shape index (κ1) is 9.41. The fraction of sp³-hybridized carbons (Fsp3) is 0.400. The first-order valence-corrected chi connectivity index (χ1v) is 2.84. The molecule has 1 heterocycles. The zero-order valence-corrected chi connectivity index (χ0v) is 6.24. The van der Waals surface area contributed by atoms with Crippen molar-refractivity contribution in [1.29, 1.82) is 0 Å². The standard InChI is InChI=1S/C5H8N2.HNO3/c1-4-3-5(2)7-6-4;2-1(3)4/h3H,1-2H3,(H,6,7);(H,2,3,4). The highest BCUT2D eigenvalue weighted by Crippen LogP contribution is 1.92. The Labute approximate surface area is 63.0 Å². The molecule has 0 fully saturated rings. The molecular formula is C5H9N3O3. The van der Waals surface area contributed by atoms with Crippen molar-refractivity contribution in [2.45, 2.75) is 13.8 Å². The fourth-order valence-corrected chi connectivity index (χ4v) is 0.554. The van der Waals surface area contributed by atoms with Crippen LogP contribution >= 0.6 is 0 Å². The van der Waals surface area contributed by atoms with Gasteiger partial charge in [0.1, 0.15) is 0 Å². The molecule has 0 spiro atoms. The Morgan fingerprint density at radius 3 is 2.27 bits per heavy atom. The van der Waals surface area contributed by atoms with E-state index < -0.39 is 5.09 Å². The lowest BCUT2D eigenvalue weighted by atomic mass is 10.4. The molecule has 6 heteroatoms. The molecule has 1 aromatic heterocycles. The summed E-state index contributed by atoms with van der Waals surface area (Å²) in [7, 11) is 0. The minimum atomic E-state index is -1.50. The van der Waals surface area contributed by atoms with Gasteiger partial charge in [-0.15, -0.1) is 10.1 Å². The summed E-state index contributed by atoms with van der Waals surface area (Å²) in [4.78, 5) is 8.36. The molecule has 0 bridgehead atoms. The molecule has 0 saturated carbocycles. The summed E-state index contributed by atoms with van der Waals surface area (Å²) in [5.41, 5.74) is 2.18. The van der Waals surface area contributed by atoms with Crippen molar-refractivity contribution in [2.75, 3.05) is 0 Å². The minimum absolute atomic E-state index is 1.05. The lowest BCUT2D eigenvalue weighted by Crippen LogP contribution is -1.81. The molecule has 0 aliphatic carbocycles. The van der Waals surface area contributed by atoms with Crippen molar-refractivity contribution in [3.8, 4) is 0 Å². The molecule has 2 N–H and O–H groups in total. The van der Waals surface area contributed by atoms with E-state index in [4.69, 9.17) is 15.3 Å². The van der Waals surface area contributed by atoms with Crippen LogP contribution in [0.15, 0.2) is 6.07 Å². The highest BCUT2D eigenvalue weighted by atomic mass is 16.9. The highest BCUT2D eigenvalue weighted by molar-refractivity contribution is 5.03. The molecule has 0 atom stereocenters. The van der Waals surface area contributed by atoms with E-state index in [9.17, 15) is 0 Å². The molecule has 1 aromatic rings. The van der Waals surface area contributed by atoms with Crippen molar-refractivity contribution < 1.29 is 10.3 Å². The van der Waals surface area contributed by atoms with Crippen LogP contribution in [0.25, 0.3) is 0 Å². The molecule has 0 radical (unpaired) electrons. The van der Waals surface area contributed by atoms with Gasteiger partial charge in [-0.2, -0.15) is 5.10 Å². The maximum atomic E-state index is 8.36. The topological polar surface area (TPSA) is 92.0 Å². The number of hydrogen-bond donors (Lipinski definition) is 2. The predicted molar refractivity (Wildman–Crippen MR) is 36.8 cm³/mol. The maximum Gasteiger partial charge on any atom is 0.291 e. The van der Waals surface area contributed by atoms with Gasteiger partial charge in [-0.1, -0.05) is 0 Å².